The molecule has 3 aromatic heterocycles. The summed E-state index contributed by atoms with van der Waals surface area (Å²) in [5.41, 5.74) is 4.52. The molecule has 6 N–H and O–H groups in total. The molecule has 0 amide bonds. The number of benzene rings is 2. The molecule has 2 unspecified atom stereocenters. The number of nitrogens with zero attached hydrogens (tertiary/aromatic N) is 7. The summed E-state index contributed by atoms with van der Waals surface area (Å²) < 4.78 is 101. The van der Waals surface area contributed by atoms with Crippen LogP contribution in [-0.2, 0) is 29.4 Å². The van der Waals surface area contributed by atoms with Crippen LogP contribution in [0.3, 0.4) is 0 Å². The van der Waals surface area contributed by atoms with Crippen molar-refractivity contribution in [3.8, 4) is 17.4 Å². The lowest BCUT2D eigenvalue weighted by Gasteiger charge is -2.10. The Bertz CT molecular complexity index is 2740. The molecule has 0 radical (unpaired) electrons. The highest BCUT2D eigenvalue weighted by molar-refractivity contribution is 7.92. The summed E-state index contributed by atoms with van der Waals surface area (Å²) >= 11 is 24.0. The fraction of sp³-hybridized carbons (Fsp3) is 0.333. The number of alkyl halides is 2. The van der Waals surface area contributed by atoms with Crippen LogP contribution in [0.25, 0.3) is 11.5 Å². The zero-order valence-electron chi connectivity index (χ0n) is 31.8. The van der Waals surface area contributed by atoms with Crippen LogP contribution in [-0.4, -0.2) is 106 Å². The van der Waals surface area contributed by atoms with E-state index in [1.54, 1.807) is 13.0 Å². The molecule has 0 aliphatic heterocycles. The van der Waals surface area contributed by atoms with Crippen molar-refractivity contribution >= 4 is 96.9 Å². The van der Waals surface area contributed by atoms with E-state index >= 15 is 0 Å². The molecular weight excluding hydrogens is 951 g/mol. The highest BCUT2D eigenvalue weighted by atomic mass is 35.5. The Morgan fingerprint density at radius 3 is 2.13 bits per heavy atom. The normalized spacial score (nSPS) is 13.1. The first kappa shape index (κ1) is 50.0. The number of nitrogens with one attached hydrogen (secondary N) is 2. The van der Waals surface area contributed by atoms with E-state index in [2.05, 4.69) is 29.6 Å². The van der Waals surface area contributed by atoms with Crippen LogP contribution in [0.4, 0.5) is 20.2 Å². The van der Waals surface area contributed by atoms with Gasteiger partial charge in [-0.25, -0.2) is 17.8 Å². The minimum absolute atomic E-state index is 0.0111. The molecular formula is C30H35Cl4F2N10O11PS2. The molecule has 2 atom stereocenters. The Hall–Kier alpha value is -4.33. The molecule has 0 aliphatic rings. The van der Waals surface area contributed by atoms with Gasteiger partial charge in [-0.2, -0.15) is 36.4 Å². The number of hydrogen-bond acceptors (Lipinski definition) is 14. The van der Waals surface area contributed by atoms with Gasteiger partial charge >= 0.3 is 18.2 Å². The van der Waals surface area contributed by atoms with E-state index in [4.69, 9.17) is 71.6 Å². The smallest absolute Gasteiger partial charge is 0.355 e. The number of rotatable bonds is 13. The zero-order valence-corrected chi connectivity index (χ0v) is 37.3. The Labute approximate surface area is 359 Å². The third kappa shape index (κ3) is 13.1. The number of aliphatic carboxylic acids is 1. The van der Waals surface area contributed by atoms with Crippen LogP contribution in [0.1, 0.15) is 24.4 Å². The van der Waals surface area contributed by atoms with Crippen molar-refractivity contribution in [3.05, 3.63) is 72.3 Å². The van der Waals surface area contributed by atoms with Crippen LogP contribution >= 0.6 is 53.8 Å². The number of carboxylic acid groups (broad SMARTS) is 1. The molecule has 5 aromatic rings. The number of halogens is 6. The number of hydrogen-bond donors (Lipinski definition) is 5. The number of aromatic nitrogens is 7. The molecule has 60 heavy (non-hydrogen) atoms. The van der Waals surface area contributed by atoms with E-state index in [1.165, 1.54) is 46.0 Å². The lowest BCUT2D eigenvalue weighted by molar-refractivity contribution is -0.138. The quantitative estimate of drug-likeness (QED) is 0.100. The van der Waals surface area contributed by atoms with Crippen LogP contribution in [0.15, 0.2) is 40.3 Å². The van der Waals surface area contributed by atoms with Crippen molar-refractivity contribution in [2.75, 3.05) is 42.7 Å². The van der Waals surface area contributed by atoms with Crippen molar-refractivity contribution in [3.63, 3.8) is 0 Å². The van der Waals surface area contributed by atoms with Crippen LogP contribution < -0.4 is 30.3 Å². The zero-order chi connectivity index (χ0) is 45.7. The summed E-state index contributed by atoms with van der Waals surface area (Å²) in [4.78, 5) is 38.9. The van der Waals surface area contributed by atoms with Crippen molar-refractivity contribution in [2.45, 2.75) is 38.0 Å². The third-order valence-corrected chi connectivity index (χ3v) is 11.5. The number of aryl methyl sites for hydroxylation is 2. The summed E-state index contributed by atoms with van der Waals surface area (Å²) in [6, 6.07) is 5.93. The van der Waals surface area contributed by atoms with E-state index in [-0.39, 0.29) is 77.7 Å². The van der Waals surface area contributed by atoms with Crippen molar-refractivity contribution in [1.29, 1.82) is 0 Å². The molecule has 0 aliphatic carbocycles. The largest absolute Gasteiger partial charge is 0.481 e. The summed E-state index contributed by atoms with van der Waals surface area (Å²) in [6.07, 6.45) is 0.902. The Morgan fingerprint density at radius 2 is 1.62 bits per heavy atom. The molecule has 5 rings (SSSR count). The van der Waals surface area contributed by atoms with E-state index in [9.17, 15) is 39.8 Å². The van der Waals surface area contributed by atoms with Gasteiger partial charge in [0.25, 0.3) is 21.0 Å². The van der Waals surface area contributed by atoms with Crippen LogP contribution in [0, 0.1) is 13.8 Å². The molecule has 330 valence electrons. The van der Waals surface area contributed by atoms with Crippen molar-refractivity contribution in [1.82, 2.24) is 33.9 Å². The van der Waals surface area contributed by atoms with E-state index in [0.29, 0.717) is 10.2 Å². The van der Waals surface area contributed by atoms with Crippen molar-refractivity contribution < 1.29 is 54.4 Å². The van der Waals surface area contributed by atoms with E-state index < -0.39 is 56.8 Å². The molecule has 0 spiro atoms. The summed E-state index contributed by atoms with van der Waals surface area (Å²) in [5.74, 6) is -0.981. The Kier molecular flexibility index (Phi) is 16.7. The highest BCUT2D eigenvalue weighted by Crippen LogP contribution is 2.36. The number of sulfonamides is 2. The van der Waals surface area contributed by atoms with Gasteiger partial charge in [0.15, 0.2) is 7.37 Å². The van der Waals surface area contributed by atoms with Gasteiger partial charge in [0, 0.05) is 12.8 Å². The molecule has 30 heteroatoms. The van der Waals surface area contributed by atoms with Crippen molar-refractivity contribution in [2.24, 2.45) is 5.73 Å². The fourth-order valence-electron chi connectivity index (χ4n) is 4.44. The average molecular weight is 987 g/mol. The van der Waals surface area contributed by atoms with Gasteiger partial charge in [-0.05, 0) is 44.0 Å². The topological polar surface area (TPSA) is 294 Å². The molecule has 0 saturated heterocycles. The predicted octanol–water partition coefficient (Wildman–Crippen LogP) is 4.66. The van der Waals surface area contributed by atoms with Gasteiger partial charge in [-0.3, -0.25) is 18.8 Å². The number of nitrogens with two attached hydrogens (primary N) is 1. The van der Waals surface area contributed by atoms with Gasteiger partial charge in [-0.1, -0.05) is 52.5 Å². The molecule has 0 bridgehead atoms. The number of fused-ring (bicyclic) bond motifs is 1. The SMILES string of the molecule is COc1cc(OC)n2nc(S(=O)(=O)Nc3c(Cl)ccc(C)c3Cl)nc2n1.CP(=O)(O)CCC(N)C(=O)O.Cc1nn(-c2cc(NS(C)(=O)=O)c(Cl)cc2Cl)c(=O)n1C(F)F. The van der Waals surface area contributed by atoms with Gasteiger partial charge < -0.3 is 25.2 Å². The first-order valence-corrected chi connectivity index (χ1v) is 23.3. The molecule has 21 nitrogen and oxygen atoms in total. The maximum Gasteiger partial charge on any atom is 0.355 e. The molecule has 0 saturated carbocycles. The number of methoxy groups -OCH3 is 2. The second kappa shape index (κ2) is 20.0. The fourth-order valence-corrected chi connectivity index (χ4v) is 7.87. The van der Waals surface area contributed by atoms with Gasteiger partial charge in [0.2, 0.25) is 21.8 Å². The van der Waals surface area contributed by atoms with E-state index in [1.807, 2.05) is 0 Å². The maximum atomic E-state index is 12.8. The van der Waals surface area contributed by atoms with Gasteiger partial charge in [0.05, 0.1) is 63.7 Å². The third-order valence-electron chi connectivity index (χ3n) is 7.32. The van der Waals surface area contributed by atoms with Gasteiger partial charge in [-0.15, -0.1) is 10.2 Å². The second-order valence-corrected chi connectivity index (χ2v) is 19.6. The molecule has 2 aromatic carbocycles. The lowest BCUT2D eigenvalue weighted by atomic mass is 10.2. The number of anilines is 2. The second-order valence-electron chi connectivity index (χ2n) is 12.2. The lowest BCUT2D eigenvalue weighted by Crippen LogP contribution is -2.30. The number of carboxylic acids is 1. The van der Waals surface area contributed by atoms with Crippen LogP contribution in [0.2, 0.25) is 20.1 Å². The Balaban J connectivity index is 0.000000260. The monoisotopic (exact) mass is 984 g/mol. The first-order valence-electron chi connectivity index (χ1n) is 16.1. The summed E-state index contributed by atoms with van der Waals surface area (Å²) in [5, 5.41) is 15.6. The molecule has 0 fully saturated rings. The maximum absolute atomic E-state index is 12.8. The Morgan fingerprint density at radius 1 is 0.983 bits per heavy atom. The minimum atomic E-state index is -4.18. The minimum Gasteiger partial charge on any atom is -0.481 e. The predicted molar refractivity (Wildman–Crippen MR) is 219 cm³/mol. The summed E-state index contributed by atoms with van der Waals surface area (Å²) in [6.45, 7) is 1.06. The number of carbonyl (C=O) groups is 1. The standard InChI is InChI=1S/C14H13Cl2N5O4S.C11H10Cl2F2N4O3S.C5H12NO4P/c1-7-4-5-8(15)12(11(7)16)20-26(22,23)14-18-13-17-9(24-2)6-10(25-3)21(13)19-14;1-5-16-19(11(20)18(5)10(14)15)9-4-8(17-23(2,21)22)6(12)3-7(9)13;1-11(9,10)3-2-4(6)5(7)8/h4-6,20H,1-3H3;3-4,10,17H,1-2H3;4H,2-3,6H2,1H3,(H,7,8)(H,9,10). The van der Waals surface area contributed by atoms with Crippen LogP contribution in [0.5, 0.6) is 11.8 Å². The highest BCUT2D eigenvalue weighted by Gasteiger charge is 2.26. The number of ether oxygens (including phenoxy) is 2. The summed E-state index contributed by atoms with van der Waals surface area (Å²) in [7, 11) is -8.12. The van der Waals surface area contributed by atoms with Gasteiger partial charge in [0.1, 0.15) is 11.9 Å². The molecule has 3 heterocycles. The van der Waals surface area contributed by atoms with E-state index in [0.717, 1.165) is 16.8 Å². The first-order chi connectivity index (χ1) is 27.6. The average Bonchev–Trinajstić information content (AvgIpc) is 3.71.